The Labute approximate surface area is 195 Å². The van der Waals surface area contributed by atoms with Crippen molar-refractivity contribution in [1.29, 1.82) is 0 Å². The number of anilines is 2. The molecule has 0 saturated carbocycles. The molecule has 8 heteroatoms. The molecule has 0 radical (unpaired) electrons. The first-order chi connectivity index (χ1) is 15.7. The van der Waals surface area contributed by atoms with Crippen molar-refractivity contribution in [3.05, 3.63) is 77.9 Å². The third kappa shape index (κ3) is 5.12. The Balaban J connectivity index is 1.81. The lowest BCUT2D eigenvalue weighted by Crippen LogP contribution is -2.26. The van der Waals surface area contributed by atoms with Gasteiger partial charge in [-0.1, -0.05) is 32.0 Å². The van der Waals surface area contributed by atoms with E-state index in [0.717, 1.165) is 15.6 Å². The number of amides is 1. The fraction of sp³-hybridized carbons (Fsp3) is 0.240. The minimum Gasteiger partial charge on any atom is -0.493 e. The van der Waals surface area contributed by atoms with Gasteiger partial charge in [0, 0.05) is 24.4 Å². The van der Waals surface area contributed by atoms with Crippen molar-refractivity contribution in [3.63, 3.8) is 0 Å². The van der Waals surface area contributed by atoms with E-state index >= 15 is 0 Å². The highest BCUT2D eigenvalue weighted by molar-refractivity contribution is 7.92. The molecule has 0 heterocycles. The molecule has 0 aromatic heterocycles. The predicted octanol–water partition coefficient (Wildman–Crippen LogP) is 4.90. The number of sulfonamides is 1. The minimum atomic E-state index is -3.85. The standard InChI is InChI=1S/C25H28N2O5S/c1-17(2)21-8-6-7-9-22(21)26-25(28)18-10-12-19(13-11-18)27(3)33(29,30)20-14-15-23(31-4)24(16-20)32-5/h6-17H,1-5H3,(H,26,28). The summed E-state index contributed by atoms with van der Waals surface area (Å²) in [5, 5.41) is 2.94. The van der Waals surface area contributed by atoms with Gasteiger partial charge in [-0.3, -0.25) is 9.10 Å². The molecule has 0 saturated heterocycles. The van der Waals surface area contributed by atoms with Gasteiger partial charge in [0.2, 0.25) is 0 Å². The Kier molecular flexibility index (Phi) is 7.28. The number of hydrogen-bond donors (Lipinski definition) is 1. The highest BCUT2D eigenvalue weighted by atomic mass is 32.2. The first-order valence-electron chi connectivity index (χ1n) is 10.4. The van der Waals surface area contributed by atoms with Gasteiger partial charge in [-0.15, -0.1) is 0 Å². The van der Waals surface area contributed by atoms with Crippen LogP contribution in [0.4, 0.5) is 11.4 Å². The SMILES string of the molecule is COc1ccc(S(=O)(=O)N(C)c2ccc(C(=O)Nc3ccccc3C(C)C)cc2)cc1OC. The van der Waals surface area contributed by atoms with Crippen LogP contribution in [0.5, 0.6) is 11.5 Å². The molecule has 7 nitrogen and oxygen atoms in total. The second-order valence-electron chi connectivity index (χ2n) is 7.73. The summed E-state index contributed by atoms with van der Waals surface area (Å²) in [5.74, 6) is 0.758. The van der Waals surface area contributed by atoms with Crippen molar-refractivity contribution in [2.24, 2.45) is 0 Å². The van der Waals surface area contributed by atoms with Gasteiger partial charge in [0.1, 0.15) is 0 Å². The molecule has 1 N–H and O–H groups in total. The Morgan fingerprint density at radius 3 is 2.15 bits per heavy atom. The van der Waals surface area contributed by atoms with Gasteiger partial charge in [0.25, 0.3) is 15.9 Å². The second kappa shape index (κ2) is 9.95. The summed E-state index contributed by atoms with van der Waals surface area (Å²) >= 11 is 0. The summed E-state index contributed by atoms with van der Waals surface area (Å²) in [6, 6.07) is 18.5. The molecule has 3 aromatic carbocycles. The van der Waals surface area contributed by atoms with Gasteiger partial charge in [0.05, 0.1) is 24.8 Å². The molecular formula is C25H28N2O5S. The van der Waals surface area contributed by atoms with E-state index in [1.54, 1.807) is 30.3 Å². The molecule has 0 atom stereocenters. The second-order valence-corrected chi connectivity index (χ2v) is 9.70. The summed E-state index contributed by atoms with van der Waals surface area (Å²) in [5.41, 5.74) is 2.65. The Bertz CT molecular complexity index is 1240. The van der Waals surface area contributed by atoms with Crippen LogP contribution >= 0.6 is 0 Å². The van der Waals surface area contributed by atoms with E-state index in [2.05, 4.69) is 19.2 Å². The van der Waals surface area contributed by atoms with Crippen LogP contribution in [0.25, 0.3) is 0 Å². The van der Waals surface area contributed by atoms with Crippen molar-refractivity contribution in [2.75, 3.05) is 30.9 Å². The highest BCUT2D eigenvalue weighted by Crippen LogP contribution is 2.32. The van der Waals surface area contributed by atoms with E-state index in [0.29, 0.717) is 22.7 Å². The molecule has 0 aliphatic heterocycles. The molecule has 0 unspecified atom stereocenters. The summed E-state index contributed by atoms with van der Waals surface area (Å²) in [6.07, 6.45) is 0. The highest BCUT2D eigenvalue weighted by Gasteiger charge is 2.23. The first kappa shape index (κ1) is 24.1. The molecule has 0 fully saturated rings. The minimum absolute atomic E-state index is 0.0646. The topological polar surface area (TPSA) is 84.9 Å². The summed E-state index contributed by atoms with van der Waals surface area (Å²) < 4.78 is 37.8. The van der Waals surface area contributed by atoms with Crippen LogP contribution in [0.2, 0.25) is 0 Å². The third-order valence-corrected chi connectivity index (χ3v) is 7.12. The smallest absolute Gasteiger partial charge is 0.264 e. The van der Waals surface area contributed by atoms with Crippen LogP contribution in [0.1, 0.15) is 35.7 Å². The summed E-state index contributed by atoms with van der Waals surface area (Å²) in [7, 11) is 0.538. The van der Waals surface area contributed by atoms with Crippen LogP contribution in [-0.2, 0) is 10.0 Å². The average Bonchev–Trinajstić information content (AvgIpc) is 2.83. The number of carbonyl (C=O) groups is 1. The van der Waals surface area contributed by atoms with E-state index in [9.17, 15) is 13.2 Å². The van der Waals surface area contributed by atoms with Crippen molar-refractivity contribution in [3.8, 4) is 11.5 Å². The predicted molar refractivity (Wildman–Crippen MR) is 130 cm³/mol. The largest absolute Gasteiger partial charge is 0.493 e. The first-order valence-corrected chi connectivity index (χ1v) is 11.8. The van der Waals surface area contributed by atoms with E-state index in [1.807, 2.05) is 24.3 Å². The number of rotatable bonds is 8. The number of nitrogens with one attached hydrogen (secondary N) is 1. The molecule has 3 rings (SSSR count). The molecule has 3 aromatic rings. The van der Waals surface area contributed by atoms with E-state index < -0.39 is 10.0 Å². The molecule has 0 aliphatic rings. The van der Waals surface area contributed by atoms with E-state index in [-0.39, 0.29) is 16.7 Å². The maximum Gasteiger partial charge on any atom is 0.264 e. The Morgan fingerprint density at radius 2 is 1.55 bits per heavy atom. The number of nitrogens with zero attached hydrogens (tertiary/aromatic N) is 1. The normalized spacial score (nSPS) is 11.2. The molecule has 0 spiro atoms. The van der Waals surface area contributed by atoms with Gasteiger partial charge in [-0.25, -0.2) is 8.42 Å². The van der Waals surface area contributed by atoms with E-state index in [4.69, 9.17) is 9.47 Å². The number of carbonyl (C=O) groups excluding carboxylic acids is 1. The summed E-state index contributed by atoms with van der Waals surface area (Å²) in [6.45, 7) is 4.13. The lowest BCUT2D eigenvalue weighted by molar-refractivity contribution is 0.102. The van der Waals surface area contributed by atoms with Crippen molar-refractivity contribution < 1.29 is 22.7 Å². The lowest BCUT2D eigenvalue weighted by atomic mass is 10.0. The van der Waals surface area contributed by atoms with Gasteiger partial charge < -0.3 is 14.8 Å². The van der Waals surface area contributed by atoms with Gasteiger partial charge in [0.15, 0.2) is 11.5 Å². The van der Waals surface area contributed by atoms with Gasteiger partial charge in [-0.05, 0) is 53.9 Å². The fourth-order valence-electron chi connectivity index (χ4n) is 3.41. The lowest BCUT2D eigenvalue weighted by Gasteiger charge is -2.20. The van der Waals surface area contributed by atoms with Crippen LogP contribution in [0, 0.1) is 0 Å². The maximum atomic E-state index is 13.1. The van der Waals surface area contributed by atoms with Gasteiger partial charge >= 0.3 is 0 Å². The van der Waals surface area contributed by atoms with Crippen LogP contribution in [-0.4, -0.2) is 35.6 Å². The Hall–Kier alpha value is -3.52. The monoisotopic (exact) mass is 468 g/mol. The quantitative estimate of drug-likeness (QED) is 0.508. The molecule has 1 amide bonds. The third-order valence-electron chi connectivity index (χ3n) is 5.34. The van der Waals surface area contributed by atoms with Crippen LogP contribution in [0.15, 0.2) is 71.6 Å². The van der Waals surface area contributed by atoms with Crippen molar-refractivity contribution in [2.45, 2.75) is 24.7 Å². The number of hydrogen-bond acceptors (Lipinski definition) is 5. The zero-order chi connectivity index (χ0) is 24.2. The number of ether oxygens (including phenoxy) is 2. The zero-order valence-corrected chi connectivity index (χ0v) is 20.1. The summed E-state index contributed by atoms with van der Waals surface area (Å²) in [4.78, 5) is 12.8. The number of benzene rings is 3. The number of para-hydroxylation sites is 1. The fourth-order valence-corrected chi connectivity index (χ4v) is 4.62. The molecular weight excluding hydrogens is 440 g/mol. The average molecular weight is 469 g/mol. The molecule has 0 aliphatic carbocycles. The van der Waals surface area contributed by atoms with Crippen LogP contribution in [0.3, 0.4) is 0 Å². The van der Waals surface area contributed by atoms with E-state index in [1.165, 1.54) is 33.4 Å². The Morgan fingerprint density at radius 1 is 0.909 bits per heavy atom. The molecule has 0 bridgehead atoms. The van der Waals surface area contributed by atoms with Crippen molar-refractivity contribution in [1.82, 2.24) is 0 Å². The van der Waals surface area contributed by atoms with Gasteiger partial charge in [-0.2, -0.15) is 0 Å². The molecule has 33 heavy (non-hydrogen) atoms. The zero-order valence-electron chi connectivity index (χ0n) is 19.3. The number of methoxy groups -OCH3 is 2. The molecule has 174 valence electrons. The van der Waals surface area contributed by atoms with Crippen LogP contribution < -0.4 is 19.1 Å². The maximum absolute atomic E-state index is 13.1. The van der Waals surface area contributed by atoms with Crippen molar-refractivity contribution >= 4 is 27.3 Å².